The Balaban J connectivity index is 0.000000353. The molecule has 2 aliphatic heterocycles. The second-order valence-corrected chi connectivity index (χ2v) is 11.6. The molecule has 9 nitrogen and oxygen atoms in total. The number of piperidine rings is 2. The van der Waals surface area contributed by atoms with Gasteiger partial charge in [0.1, 0.15) is 5.75 Å². The fourth-order valence-electron chi connectivity index (χ4n) is 5.28. The van der Waals surface area contributed by atoms with Crippen LogP contribution >= 0.6 is 8.58 Å². The predicted octanol–water partition coefficient (Wildman–Crippen LogP) is 5.01. The van der Waals surface area contributed by atoms with Gasteiger partial charge in [-0.25, -0.2) is 4.79 Å². The van der Waals surface area contributed by atoms with E-state index in [0.29, 0.717) is 17.2 Å². The van der Waals surface area contributed by atoms with Gasteiger partial charge in [0.2, 0.25) is 5.65 Å². The summed E-state index contributed by atoms with van der Waals surface area (Å²) in [5.41, 5.74) is 2.76. The molecule has 3 N–H and O–H groups in total. The molecule has 43 heavy (non-hydrogen) atoms. The highest BCUT2D eigenvalue weighted by Crippen LogP contribution is 2.22. The number of nitrogens with one attached hydrogen (secondary N) is 2. The van der Waals surface area contributed by atoms with Crippen molar-refractivity contribution in [3.05, 3.63) is 64.7 Å². The smallest absolute Gasteiger partial charge is 0.322 e. The van der Waals surface area contributed by atoms with Gasteiger partial charge in [-0.3, -0.25) is 19.7 Å². The molecule has 1 unspecified atom stereocenters. The van der Waals surface area contributed by atoms with Gasteiger partial charge in [0, 0.05) is 35.8 Å². The van der Waals surface area contributed by atoms with Crippen LogP contribution in [0.3, 0.4) is 0 Å². The van der Waals surface area contributed by atoms with Gasteiger partial charge in [-0.1, -0.05) is 31.3 Å². The number of carbonyl (C=O) groups excluding carboxylic acids is 4. The lowest BCUT2D eigenvalue weighted by molar-refractivity contribution is 0.0590. The first kappa shape index (κ1) is 33.8. The van der Waals surface area contributed by atoms with Gasteiger partial charge < -0.3 is 20.2 Å². The Hall–Kier alpha value is -3.73. The van der Waals surface area contributed by atoms with Gasteiger partial charge in [0.05, 0.1) is 6.54 Å². The van der Waals surface area contributed by atoms with E-state index in [1.165, 1.54) is 45.3 Å². The molecule has 2 heterocycles. The monoisotopic (exact) mass is 606 g/mol. The lowest BCUT2D eigenvalue weighted by Crippen LogP contribution is -2.48. The summed E-state index contributed by atoms with van der Waals surface area (Å²) in [6.45, 7) is 9.38. The third kappa shape index (κ3) is 10.8. The zero-order valence-electron chi connectivity index (χ0n) is 25.4. The number of aromatic hydroxyl groups is 1. The Morgan fingerprint density at radius 3 is 2.26 bits per heavy atom. The van der Waals surface area contributed by atoms with Gasteiger partial charge in [0.15, 0.2) is 5.78 Å². The Kier molecular flexibility index (Phi) is 13.7. The highest BCUT2D eigenvalue weighted by Gasteiger charge is 2.28. The Morgan fingerprint density at radius 2 is 1.65 bits per heavy atom. The Labute approximate surface area is 256 Å². The maximum atomic E-state index is 12.8. The maximum Gasteiger partial charge on any atom is 0.322 e. The summed E-state index contributed by atoms with van der Waals surface area (Å²) in [6, 6.07) is 12.2. The average Bonchev–Trinajstić information content (AvgIpc) is 3.03. The molecule has 2 aliphatic rings. The molecule has 4 rings (SSSR count). The van der Waals surface area contributed by atoms with Crippen molar-refractivity contribution in [2.24, 2.45) is 0 Å². The average molecular weight is 607 g/mol. The zero-order valence-corrected chi connectivity index (χ0v) is 26.4. The van der Waals surface area contributed by atoms with E-state index in [9.17, 15) is 19.2 Å². The van der Waals surface area contributed by atoms with Crippen molar-refractivity contribution < 1.29 is 24.3 Å². The van der Waals surface area contributed by atoms with E-state index in [2.05, 4.69) is 27.4 Å². The minimum atomic E-state index is -0.543. The molecule has 2 saturated heterocycles. The first-order chi connectivity index (χ1) is 20.7. The number of Topliss-reactive ketones (excluding diaryl/α,β-unsaturated/α-hetero) is 1. The number of likely N-dealkylation sites (tertiary alicyclic amines) is 2. The van der Waals surface area contributed by atoms with E-state index in [1.807, 2.05) is 36.1 Å². The summed E-state index contributed by atoms with van der Waals surface area (Å²) in [4.78, 5) is 51.1. The molecule has 0 spiro atoms. The van der Waals surface area contributed by atoms with Gasteiger partial charge >= 0.3 is 6.03 Å². The lowest BCUT2D eigenvalue weighted by atomic mass is 9.99. The molecule has 0 saturated carbocycles. The van der Waals surface area contributed by atoms with Gasteiger partial charge in [-0.15, -0.1) is 0 Å². The van der Waals surface area contributed by atoms with Crippen LogP contribution in [0.25, 0.3) is 0 Å². The highest BCUT2D eigenvalue weighted by atomic mass is 31.1. The summed E-state index contributed by atoms with van der Waals surface area (Å²) >= 11 is 0. The summed E-state index contributed by atoms with van der Waals surface area (Å²) in [7, 11) is 0.0243. The molecule has 1 atom stereocenters. The number of urea groups is 1. The molecule has 0 aliphatic carbocycles. The number of rotatable bonds is 6. The van der Waals surface area contributed by atoms with Crippen molar-refractivity contribution in [1.82, 2.24) is 20.4 Å². The standard InChI is InChI=1S/C23H31N4O3P.C10H12O2/c1-31-23(30)25-22(29)24-13-5-6-18-7-9-19(10-8-18)21(28)27-16-11-20(12-17-27)26-14-3-2-4-15-26;1-3-8-4-5-9(12)6-10(8)7(2)11/h7-10,20,31H,2-4,11-17H2,1H3,(H2,24,25,29,30);4-6,12H,3H2,1-2H3. The second kappa shape index (κ2) is 17.4. The maximum absolute atomic E-state index is 12.8. The van der Waals surface area contributed by atoms with Crippen molar-refractivity contribution >= 4 is 32.0 Å². The number of amides is 4. The topological polar surface area (TPSA) is 119 Å². The van der Waals surface area contributed by atoms with Gasteiger partial charge in [-0.2, -0.15) is 0 Å². The van der Waals surface area contributed by atoms with Crippen LogP contribution in [0.15, 0.2) is 42.5 Å². The molecule has 0 aromatic heterocycles. The van der Waals surface area contributed by atoms with Crippen LogP contribution in [0.2, 0.25) is 0 Å². The molecule has 2 aromatic rings. The van der Waals surface area contributed by atoms with Crippen molar-refractivity contribution in [3.8, 4) is 17.6 Å². The molecule has 2 aromatic carbocycles. The largest absolute Gasteiger partial charge is 0.508 e. The van der Waals surface area contributed by atoms with Crippen molar-refractivity contribution in [2.45, 2.75) is 58.4 Å². The molecule has 0 radical (unpaired) electrons. The van der Waals surface area contributed by atoms with Gasteiger partial charge in [-0.05, 0) is 109 Å². The van der Waals surface area contributed by atoms with Crippen LogP contribution in [0.4, 0.5) is 9.59 Å². The summed E-state index contributed by atoms with van der Waals surface area (Å²) in [6.07, 6.45) is 6.88. The number of phenols is 1. The van der Waals surface area contributed by atoms with Gasteiger partial charge in [0.25, 0.3) is 5.91 Å². The van der Waals surface area contributed by atoms with E-state index < -0.39 is 6.03 Å². The quantitative estimate of drug-likeness (QED) is 0.242. The number of hydrogen-bond acceptors (Lipinski definition) is 6. The third-order valence-electron chi connectivity index (χ3n) is 7.67. The van der Waals surface area contributed by atoms with E-state index >= 15 is 0 Å². The number of nitrogens with zero attached hydrogens (tertiary/aromatic N) is 2. The number of benzene rings is 2. The van der Waals surface area contributed by atoms with Crippen LogP contribution < -0.4 is 10.6 Å². The molecule has 230 valence electrons. The van der Waals surface area contributed by atoms with Crippen LogP contribution in [-0.2, 0) is 6.42 Å². The third-order valence-corrected chi connectivity index (χ3v) is 8.25. The second-order valence-electron chi connectivity index (χ2n) is 10.6. The molecule has 10 heteroatoms. The number of hydrogen-bond donors (Lipinski definition) is 3. The number of ketones is 1. The molecule has 0 bridgehead atoms. The minimum absolute atomic E-state index is 0.00255. The Bertz CT molecular complexity index is 1320. The summed E-state index contributed by atoms with van der Waals surface area (Å²) in [5, 5.41) is 13.9. The van der Waals surface area contributed by atoms with E-state index in [1.54, 1.807) is 18.8 Å². The molecule has 4 amide bonds. The van der Waals surface area contributed by atoms with Crippen LogP contribution in [0.5, 0.6) is 5.75 Å². The zero-order chi connectivity index (χ0) is 31.2. The van der Waals surface area contributed by atoms with Crippen molar-refractivity contribution in [2.75, 3.05) is 39.4 Å². The predicted molar refractivity (Wildman–Crippen MR) is 171 cm³/mol. The van der Waals surface area contributed by atoms with Crippen LogP contribution in [0, 0.1) is 11.8 Å². The molecular formula is C33H43N4O5P. The number of imide groups is 1. The SMILES string of the molecule is CCc1ccc(O)cc1C(C)=O.CPC(=O)NC(=O)NCC#Cc1ccc(C(=O)N2CCC(N3CCCCC3)CC2)cc1. The summed E-state index contributed by atoms with van der Waals surface area (Å²) in [5.74, 6) is 6.02. The number of phenolic OH excluding ortho intramolecular Hbond substituents is 1. The fraction of sp³-hybridized carbons (Fsp3) is 0.455. The number of carbonyl (C=O) groups is 4. The van der Waals surface area contributed by atoms with E-state index in [-0.39, 0.29) is 38.2 Å². The minimum Gasteiger partial charge on any atom is -0.508 e. The number of aryl methyl sites for hydroxylation is 1. The lowest BCUT2D eigenvalue weighted by Gasteiger charge is -2.40. The molecule has 2 fully saturated rings. The summed E-state index contributed by atoms with van der Waals surface area (Å²) < 4.78 is 0. The Morgan fingerprint density at radius 1 is 0.977 bits per heavy atom. The first-order valence-corrected chi connectivity index (χ1v) is 16.4. The van der Waals surface area contributed by atoms with Crippen LogP contribution in [0.1, 0.15) is 77.8 Å². The van der Waals surface area contributed by atoms with Crippen molar-refractivity contribution in [3.63, 3.8) is 0 Å². The molecular weight excluding hydrogens is 563 g/mol. The fourth-order valence-corrected chi connectivity index (χ4v) is 5.52. The van der Waals surface area contributed by atoms with Crippen molar-refractivity contribution in [1.29, 1.82) is 0 Å². The van der Waals surface area contributed by atoms with E-state index in [4.69, 9.17) is 5.11 Å². The normalized spacial score (nSPS) is 15.6. The first-order valence-electron chi connectivity index (χ1n) is 14.9. The van der Waals surface area contributed by atoms with Crippen LogP contribution in [-0.4, -0.2) is 83.7 Å². The highest BCUT2D eigenvalue weighted by molar-refractivity contribution is 7.57. The van der Waals surface area contributed by atoms with E-state index in [0.717, 1.165) is 43.5 Å².